The fourth-order valence-electron chi connectivity index (χ4n) is 3.36. The monoisotopic (exact) mass is 358 g/mol. The van der Waals surface area contributed by atoms with E-state index in [0.29, 0.717) is 30.1 Å². The number of para-hydroxylation sites is 1. The summed E-state index contributed by atoms with van der Waals surface area (Å²) in [4.78, 5) is 15.0. The molecule has 0 radical (unpaired) electrons. The molecule has 1 aliphatic rings. The van der Waals surface area contributed by atoms with Crippen LogP contribution in [0, 0.1) is 5.92 Å². The van der Waals surface area contributed by atoms with Crippen molar-refractivity contribution in [2.75, 3.05) is 18.0 Å². The van der Waals surface area contributed by atoms with Gasteiger partial charge in [0.25, 0.3) is 0 Å². The number of pyridine rings is 1. The fraction of sp³-hybridized carbons (Fsp3) is 0.316. The molecule has 0 N–H and O–H groups in total. The highest BCUT2D eigenvalue weighted by Crippen LogP contribution is 2.36. The Morgan fingerprint density at radius 3 is 2.65 bits per heavy atom. The van der Waals surface area contributed by atoms with Crippen LogP contribution in [0.5, 0.6) is 0 Å². The van der Waals surface area contributed by atoms with Crippen LogP contribution in [0.3, 0.4) is 0 Å². The first kappa shape index (κ1) is 16.8. The van der Waals surface area contributed by atoms with Gasteiger partial charge < -0.3 is 4.90 Å². The second-order valence-electron chi connectivity index (χ2n) is 6.46. The number of halogens is 3. The number of rotatable bonds is 2. The molecule has 4 nitrogen and oxygen atoms in total. The molecule has 7 heteroatoms. The molecule has 0 saturated carbocycles. The molecule has 0 amide bonds. The number of piperidine rings is 1. The van der Waals surface area contributed by atoms with E-state index >= 15 is 0 Å². The average Bonchev–Trinajstić information content (AvgIpc) is 2.67. The lowest BCUT2D eigenvalue weighted by atomic mass is 9.97. The van der Waals surface area contributed by atoms with Gasteiger partial charge in [0.2, 0.25) is 0 Å². The van der Waals surface area contributed by atoms with Gasteiger partial charge in [0.15, 0.2) is 5.82 Å². The van der Waals surface area contributed by atoms with Crippen molar-refractivity contribution in [3.8, 4) is 11.4 Å². The van der Waals surface area contributed by atoms with Gasteiger partial charge in [-0.1, -0.05) is 12.1 Å². The molecule has 134 valence electrons. The fourth-order valence-corrected chi connectivity index (χ4v) is 3.36. The smallest absolute Gasteiger partial charge is 0.355 e. The number of fused-ring (bicyclic) bond motifs is 1. The summed E-state index contributed by atoms with van der Waals surface area (Å²) in [5.41, 5.74) is 1.45. The van der Waals surface area contributed by atoms with Gasteiger partial charge in [-0.3, -0.25) is 4.98 Å². The predicted molar refractivity (Wildman–Crippen MR) is 93.8 cm³/mol. The molecule has 1 atom stereocenters. The lowest BCUT2D eigenvalue weighted by molar-refractivity contribution is -0.176. The summed E-state index contributed by atoms with van der Waals surface area (Å²) in [6.07, 6.45) is -0.219. The molecule has 0 aliphatic carbocycles. The highest BCUT2D eigenvalue weighted by Gasteiger charge is 2.42. The van der Waals surface area contributed by atoms with E-state index in [1.807, 2.05) is 30.3 Å². The summed E-state index contributed by atoms with van der Waals surface area (Å²) in [5.74, 6) is -0.295. The summed E-state index contributed by atoms with van der Waals surface area (Å²) in [7, 11) is 0. The highest BCUT2D eigenvalue weighted by atomic mass is 19.4. The first-order chi connectivity index (χ1) is 12.5. The molecule has 4 rings (SSSR count). The van der Waals surface area contributed by atoms with E-state index in [9.17, 15) is 13.2 Å². The van der Waals surface area contributed by atoms with Crippen LogP contribution in [0.1, 0.15) is 12.8 Å². The van der Waals surface area contributed by atoms with Crippen LogP contribution in [-0.2, 0) is 0 Å². The summed E-state index contributed by atoms with van der Waals surface area (Å²) in [6, 6.07) is 11.1. The molecule has 1 saturated heterocycles. The van der Waals surface area contributed by atoms with Gasteiger partial charge in [-0.15, -0.1) is 0 Å². The van der Waals surface area contributed by atoms with Crippen LogP contribution in [-0.4, -0.2) is 34.2 Å². The number of hydrogen-bond acceptors (Lipinski definition) is 4. The average molecular weight is 358 g/mol. The zero-order valence-electron chi connectivity index (χ0n) is 13.9. The van der Waals surface area contributed by atoms with E-state index in [1.165, 1.54) is 0 Å². The van der Waals surface area contributed by atoms with Gasteiger partial charge in [0.05, 0.1) is 11.4 Å². The second kappa shape index (κ2) is 6.55. The third-order valence-corrected chi connectivity index (χ3v) is 4.69. The van der Waals surface area contributed by atoms with Crippen molar-refractivity contribution in [2.24, 2.45) is 5.92 Å². The van der Waals surface area contributed by atoms with Crippen LogP contribution in [0.25, 0.3) is 22.3 Å². The van der Waals surface area contributed by atoms with Gasteiger partial charge in [0, 0.05) is 36.4 Å². The van der Waals surface area contributed by atoms with Gasteiger partial charge in [-0.05, 0) is 37.1 Å². The Morgan fingerprint density at radius 2 is 1.88 bits per heavy atom. The van der Waals surface area contributed by atoms with Crippen molar-refractivity contribution < 1.29 is 13.2 Å². The predicted octanol–water partition coefficient (Wildman–Crippen LogP) is 4.47. The number of alkyl halides is 3. The van der Waals surface area contributed by atoms with Gasteiger partial charge in [-0.25, -0.2) is 9.97 Å². The molecule has 1 unspecified atom stereocenters. The van der Waals surface area contributed by atoms with Crippen LogP contribution in [0.2, 0.25) is 0 Å². The van der Waals surface area contributed by atoms with Crippen molar-refractivity contribution in [3.05, 3.63) is 48.8 Å². The maximum Gasteiger partial charge on any atom is 0.393 e. The van der Waals surface area contributed by atoms with E-state index in [0.717, 1.165) is 10.9 Å². The topological polar surface area (TPSA) is 41.9 Å². The van der Waals surface area contributed by atoms with E-state index in [-0.39, 0.29) is 13.0 Å². The van der Waals surface area contributed by atoms with E-state index in [4.69, 9.17) is 0 Å². The lowest BCUT2D eigenvalue weighted by Gasteiger charge is -2.35. The van der Waals surface area contributed by atoms with Crippen LogP contribution in [0.4, 0.5) is 19.0 Å². The first-order valence-corrected chi connectivity index (χ1v) is 8.51. The summed E-state index contributed by atoms with van der Waals surface area (Å²) < 4.78 is 39.7. The highest BCUT2D eigenvalue weighted by molar-refractivity contribution is 5.91. The summed E-state index contributed by atoms with van der Waals surface area (Å²) in [6.45, 7) is 0.483. The maximum absolute atomic E-state index is 13.2. The molecule has 1 fully saturated rings. The molecule has 1 aliphatic heterocycles. The van der Waals surface area contributed by atoms with E-state index in [2.05, 4.69) is 15.0 Å². The molecule has 3 heterocycles. The zero-order valence-corrected chi connectivity index (χ0v) is 13.9. The molecule has 0 spiro atoms. The number of nitrogens with zero attached hydrogens (tertiary/aromatic N) is 4. The Balaban J connectivity index is 1.81. The number of aromatic nitrogens is 3. The largest absolute Gasteiger partial charge is 0.393 e. The minimum Gasteiger partial charge on any atom is -0.355 e. The molecule has 2 aromatic heterocycles. The Kier molecular flexibility index (Phi) is 4.22. The van der Waals surface area contributed by atoms with Crippen LogP contribution in [0.15, 0.2) is 48.8 Å². The SMILES string of the molecule is FC(F)(F)C1CCCN(c2nc(-c3cccnc3)nc3ccccc23)C1. The Hall–Kier alpha value is -2.70. The molecular formula is C19H17F3N4. The van der Waals surface area contributed by atoms with E-state index < -0.39 is 12.1 Å². The third-order valence-electron chi connectivity index (χ3n) is 4.69. The van der Waals surface area contributed by atoms with Crippen molar-refractivity contribution in [2.45, 2.75) is 19.0 Å². The quantitative estimate of drug-likeness (QED) is 0.678. The van der Waals surface area contributed by atoms with Crippen molar-refractivity contribution in [1.82, 2.24) is 15.0 Å². The van der Waals surface area contributed by atoms with Crippen molar-refractivity contribution in [1.29, 1.82) is 0 Å². The number of hydrogen-bond donors (Lipinski definition) is 0. The second-order valence-corrected chi connectivity index (χ2v) is 6.46. The van der Waals surface area contributed by atoms with Gasteiger partial charge in [0.1, 0.15) is 5.82 Å². The number of benzene rings is 1. The maximum atomic E-state index is 13.2. The Morgan fingerprint density at radius 1 is 1.04 bits per heavy atom. The zero-order chi connectivity index (χ0) is 18.1. The van der Waals surface area contributed by atoms with Crippen LogP contribution < -0.4 is 4.90 Å². The molecule has 0 bridgehead atoms. The van der Waals surface area contributed by atoms with Gasteiger partial charge in [-0.2, -0.15) is 13.2 Å². The number of anilines is 1. The normalized spacial score (nSPS) is 18.3. The standard InChI is InChI=1S/C19H17F3N4/c20-19(21,22)14-6-4-10-26(12-14)18-15-7-1-2-8-16(15)24-17(25-18)13-5-3-9-23-11-13/h1-3,5,7-9,11,14H,4,6,10,12H2. The lowest BCUT2D eigenvalue weighted by Crippen LogP contribution is -2.42. The van der Waals surface area contributed by atoms with E-state index in [1.54, 1.807) is 23.4 Å². The first-order valence-electron chi connectivity index (χ1n) is 8.51. The molecule has 3 aromatic rings. The molecular weight excluding hydrogens is 341 g/mol. The minimum atomic E-state index is -4.19. The third kappa shape index (κ3) is 3.21. The minimum absolute atomic E-state index is 0.0724. The Labute approximate surface area is 148 Å². The molecule has 26 heavy (non-hydrogen) atoms. The van der Waals surface area contributed by atoms with Crippen molar-refractivity contribution in [3.63, 3.8) is 0 Å². The Bertz CT molecular complexity index is 912. The van der Waals surface area contributed by atoms with Gasteiger partial charge >= 0.3 is 6.18 Å². The summed E-state index contributed by atoms with van der Waals surface area (Å²) in [5, 5.41) is 0.767. The van der Waals surface area contributed by atoms with Crippen molar-refractivity contribution >= 4 is 16.7 Å². The summed E-state index contributed by atoms with van der Waals surface area (Å²) >= 11 is 0. The van der Waals surface area contributed by atoms with Crippen LogP contribution >= 0.6 is 0 Å². The molecule has 1 aromatic carbocycles.